The van der Waals surface area contributed by atoms with E-state index in [0.29, 0.717) is 42.8 Å². The van der Waals surface area contributed by atoms with Gasteiger partial charge >= 0.3 is 6.09 Å². The van der Waals surface area contributed by atoms with Crippen LogP contribution in [0.25, 0.3) is 0 Å². The summed E-state index contributed by atoms with van der Waals surface area (Å²) in [5.74, 6) is 1.35. The molecule has 0 spiro atoms. The van der Waals surface area contributed by atoms with Crippen LogP contribution in [0.5, 0.6) is 11.5 Å². The van der Waals surface area contributed by atoms with Crippen LogP contribution < -0.4 is 29.1 Å². The van der Waals surface area contributed by atoms with Gasteiger partial charge in [-0.15, -0.1) is 0 Å². The molecule has 250 valence electrons. The minimum Gasteiger partial charge on any atom is -0.489 e. The number of aromatic nitrogens is 4. The second-order valence-corrected chi connectivity index (χ2v) is 11.4. The van der Waals surface area contributed by atoms with E-state index in [1.54, 1.807) is 39.0 Å². The molecule has 2 aliphatic heterocycles. The first-order valence-corrected chi connectivity index (χ1v) is 15.3. The Balaban J connectivity index is 0.000000185. The number of H-pyrrole nitrogens is 2. The summed E-state index contributed by atoms with van der Waals surface area (Å²) >= 11 is 6.38. The number of carbonyl (C=O) groups excluding carboxylic acids is 2. The molecule has 15 heteroatoms. The molecule has 0 fully saturated rings. The zero-order valence-electron chi connectivity index (χ0n) is 27.1. The van der Waals surface area contributed by atoms with Crippen LogP contribution in [0.4, 0.5) is 27.5 Å². The van der Waals surface area contributed by atoms with E-state index in [1.807, 2.05) is 31.3 Å². The number of methoxy groups -OCH3 is 2. The van der Waals surface area contributed by atoms with Crippen LogP contribution >= 0.6 is 11.6 Å². The molecule has 2 aliphatic rings. The second-order valence-electron chi connectivity index (χ2n) is 11.0. The maximum atomic E-state index is 12.1. The van der Waals surface area contributed by atoms with Crippen molar-refractivity contribution >= 4 is 46.4 Å². The minimum atomic E-state index is -0.402. The van der Waals surface area contributed by atoms with Gasteiger partial charge in [0.25, 0.3) is 5.91 Å². The number of halogens is 1. The molecule has 2 aromatic heterocycles. The smallest absolute Gasteiger partial charge is 0.413 e. The topological polar surface area (TPSA) is 141 Å². The van der Waals surface area contributed by atoms with Crippen LogP contribution in [0.15, 0.2) is 49.3 Å². The van der Waals surface area contributed by atoms with Gasteiger partial charge in [-0.1, -0.05) is 11.6 Å². The Morgan fingerprint density at radius 2 is 1.43 bits per heavy atom. The van der Waals surface area contributed by atoms with Gasteiger partial charge in [0.1, 0.15) is 25.6 Å². The van der Waals surface area contributed by atoms with E-state index in [4.69, 9.17) is 30.5 Å². The molecule has 47 heavy (non-hydrogen) atoms. The molecule has 6 rings (SSSR count). The number of hydrogen-bond donors (Lipinski definition) is 2. The van der Waals surface area contributed by atoms with Crippen molar-refractivity contribution in [2.24, 2.45) is 0 Å². The van der Waals surface area contributed by atoms with Gasteiger partial charge < -0.3 is 43.6 Å². The number of nitrogens with one attached hydrogen (secondary N) is 2. The van der Waals surface area contributed by atoms with Crippen molar-refractivity contribution in [3.05, 3.63) is 71.3 Å². The number of anilines is 4. The summed E-state index contributed by atoms with van der Waals surface area (Å²) in [6.07, 6.45) is 6.52. The fourth-order valence-corrected chi connectivity index (χ4v) is 5.60. The number of carbonyl (C=O) groups is 2. The summed E-state index contributed by atoms with van der Waals surface area (Å²) in [5.41, 5.74) is 6.30. The quantitative estimate of drug-likeness (QED) is 0.278. The number of likely N-dealkylation sites (N-methyl/N-ethyl adjacent to an activating group) is 1. The molecule has 0 atom stereocenters. The van der Waals surface area contributed by atoms with Crippen LogP contribution in [0.1, 0.15) is 17.0 Å². The van der Waals surface area contributed by atoms with Crippen molar-refractivity contribution in [2.45, 2.75) is 20.0 Å². The number of aromatic amines is 2. The summed E-state index contributed by atoms with van der Waals surface area (Å²) in [6, 6.07) is 7.52. The predicted octanol–water partition coefficient (Wildman–Crippen LogP) is 4.39. The van der Waals surface area contributed by atoms with Crippen LogP contribution in [0.3, 0.4) is 0 Å². The fourth-order valence-electron chi connectivity index (χ4n) is 5.33. The third-order valence-corrected chi connectivity index (χ3v) is 8.12. The predicted molar refractivity (Wildman–Crippen MR) is 179 cm³/mol. The van der Waals surface area contributed by atoms with Gasteiger partial charge in [0, 0.05) is 45.0 Å². The number of rotatable bonds is 8. The number of ether oxygens (including phenoxy) is 4. The number of benzene rings is 2. The van der Waals surface area contributed by atoms with E-state index in [1.165, 1.54) is 24.0 Å². The van der Waals surface area contributed by atoms with Crippen LogP contribution in [0.2, 0.25) is 5.02 Å². The standard InChI is InChI=1S/C16H19ClN4O3.C16H20N4O3/c1-20(15(22)9-23-2)12-5-13(17)16-14(6-12)21(3-4-24-16)8-11-7-18-10-19-11;1-11-6-13(19(2)16(21)22-3)7-14-15(11)23-5-4-20(14)9-12-8-17-10-18-12/h5-7,10H,3-4,8-9H2,1-2H3,(H,18,19);6-8,10H,4-5,9H2,1-3H3,(H,17,18). The molecule has 2 N–H and O–H groups in total. The van der Waals surface area contributed by atoms with Gasteiger partial charge in [0.05, 0.1) is 73.7 Å². The fraction of sp³-hybridized carbons (Fsp3) is 0.375. The lowest BCUT2D eigenvalue weighted by Gasteiger charge is -2.33. The van der Waals surface area contributed by atoms with Crippen molar-refractivity contribution in [2.75, 3.05) is 80.8 Å². The zero-order valence-corrected chi connectivity index (χ0v) is 27.8. The average molecular weight is 667 g/mol. The van der Waals surface area contributed by atoms with Crippen molar-refractivity contribution in [3.8, 4) is 11.5 Å². The molecule has 0 unspecified atom stereocenters. The lowest BCUT2D eigenvalue weighted by Crippen LogP contribution is -2.33. The van der Waals surface area contributed by atoms with Gasteiger partial charge in [-0.05, 0) is 36.8 Å². The Labute approximate surface area is 278 Å². The highest BCUT2D eigenvalue weighted by Crippen LogP contribution is 2.42. The van der Waals surface area contributed by atoms with E-state index in [9.17, 15) is 9.59 Å². The number of fused-ring (bicyclic) bond motifs is 2. The number of amides is 2. The molecule has 4 aromatic rings. The van der Waals surface area contributed by atoms with Crippen molar-refractivity contribution in [1.29, 1.82) is 0 Å². The van der Waals surface area contributed by atoms with Gasteiger partial charge in [-0.3, -0.25) is 9.69 Å². The summed E-state index contributed by atoms with van der Waals surface area (Å²) in [4.78, 5) is 45.5. The highest BCUT2D eigenvalue weighted by Gasteiger charge is 2.25. The van der Waals surface area contributed by atoms with E-state index < -0.39 is 6.09 Å². The summed E-state index contributed by atoms with van der Waals surface area (Å²) in [7, 11) is 6.25. The molecule has 0 saturated heterocycles. The maximum absolute atomic E-state index is 12.1. The lowest BCUT2D eigenvalue weighted by molar-refractivity contribution is -0.121. The van der Waals surface area contributed by atoms with E-state index >= 15 is 0 Å². The molecule has 14 nitrogen and oxygen atoms in total. The molecule has 0 saturated carbocycles. The van der Waals surface area contributed by atoms with Gasteiger partial charge in [-0.2, -0.15) is 0 Å². The first-order valence-electron chi connectivity index (χ1n) is 15.0. The van der Waals surface area contributed by atoms with Crippen LogP contribution in [-0.2, 0) is 27.4 Å². The molecule has 0 bridgehead atoms. The number of aryl methyl sites for hydroxylation is 1. The SMILES string of the molecule is COC(=O)N(C)c1cc(C)c2c(c1)N(Cc1cnc[nH]1)CCO2.COCC(=O)N(C)c1cc(Cl)c2c(c1)N(Cc1cnc[nH]1)CCO2. The minimum absolute atomic E-state index is 0.0135. The zero-order chi connectivity index (χ0) is 33.5. The van der Waals surface area contributed by atoms with Crippen LogP contribution in [0, 0.1) is 6.92 Å². The Bertz CT molecular complexity index is 1670. The van der Waals surface area contributed by atoms with Crippen molar-refractivity contribution < 1.29 is 28.5 Å². The molecule has 4 heterocycles. The lowest BCUT2D eigenvalue weighted by atomic mass is 10.1. The molecule has 2 amide bonds. The Morgan fingerprint density at radius 1 is 0.872 bits per heavy atom. The highest BCUT2D eigenvalue weighted by molar-refractivity contribution is 6.33. The molecular formula is C32H39ClN8O6. The maximum Gasteiger partial charge on any atom is 0.413 e. The first-order chi connectivity index (χ1) is 22.7. The summed E-state index contributed by atoms with van der Waals surface area (Å²) in [6.45, 7) is 6.05. The number of hydrogen-bond acceptors (Lipinski definition) is 10. The summed E-state index contributed by atoms with van der Waals surface area (Å²) in [5, 5.41) is 0.480. The van der Waals surface area contributed by atoms with Gasteiger partial charge in [-0.25, -0.2) is 14.8 Å². The third-order valence-electron chi connectivity index (χ3n) is 7.84. The molecular weight excluding hydrogens is 628 g/mol. The van der Waals surface area contributed by atoms with E-state index in [0.717, 1.165) is 52.9 Å². The van der Waals surface area contributed by atoms with E-state index in [-0.39, 0.29) is 12.5 Å². The summed E-state index contributed by atoms with van der Waals surface area (Å²) < 4.78 is 21.2. The molecule has 0 radical (unpaired) electrons. The van der Waals surface area contributed by atoms with Crippen molar-refractivity contribution in [1.82, 2.24) is 19.9 Å². The van der Waals surface area contributed by atoms with Crippen LogP contribution in [-0.4, -0.2) is 93.2 Å². The van der Waals surface area contributed by atoms with E-state index in [2.05, 4.69) is 29.7 Å². The van der Waals surface area contributed by atoms with Crippen molar-refractivity contribution in [3.63, 3.8) is 0 Å². The third kappa shape index (κ3) is 7.72. The largest absolute Gasteiger partial charge is 0.489 e. The highest BCUT2D eigenvalue weighted by atomic mass is 35.5. The number of nitrogens with zero attached hydrogens (tertiary/aromatic N) is 6. The Hall–Kier alpha value is -4.95. The molecule has 0 aliphatic carbocycles. The van der Waals surface area contributed by atoms with Gasteiger partial charge in [0.15, 0.2) is 5.75 Å². The normalized spacial score (nSPS) is 13.3. The first kappa shape index (κ1) is 33.4. The number of imidazole rings is 2. The van der Waals surface area contributed by atoms with Gasteiger partial charge in [0.2, 0.25) is 0 Å². The Kier molecular flexibility index (Phi) is 10.7. The Morgan fingerprint density at radius 3 is 1.96 bits per heavy atom. The molecule has 2 aromatic carbocycles. The monoisotopic (exact) mass is 666 g/mol. The second kappa shape index (κ2) is 15.1. The average Bonchev–Trinajstić information content (AvgIpc) is 3.79.